The Bertz CT molecular complexity index is 570. The molecule has 3 rings (SSSR count). The summed E-state index contributed by atoms with van der Waals surface area (Å²) in [5, 5.41) is 9.13. The van der Waals surface area contributed by atoms with E-state index in [9.17, 15) is 9.59 Å². The van der Waals surface area contributed by atoms with Crippen molar-refractivity contribution in [1.82, 2.24) is 20.9 Å². The summed E-state index contributed by atoms with van der Waals surface area (Å²) in [6, 6.07) is 9.52. The van der Waals surface area contributed by atoms with Crippen LogP contribution in [0.15, 0.2) is 30.3 Å². The molecule has 1 heterocycles. The fourth-order valence-corrected chi connectivity index (χ4v) is 3.58. The first-order chi connectivity index (χ1) is 11.7. The summed E-state index contributed by atoms with van der Waals surface area (Å²) in [5.41, 5.74) is 0.319. The normalized spacial score (nSPS) is 19.0. The van der Waals surface area contributed by atoms with Crippen LogP contribution in [0.4, 0.5) is 4.79 Å². The number of carbonyl (C=O) groups excluding carboxylic acids is 2. The highest BCUT2D eigenvalue weighted by molar-refractivity contribution is 5.91. The van der Waals surface area contributed by atoms with Crippen LogP contribution in [-0.2, 0) is 11.3 Å². The molecule has 138 valence electrons. The van der Waals surface area contributed by atoms with Crippen molar-refractivity contribution in [3.63, 3.8) is 0 Å². The Balaban J connectivity index is 0.00000225. The highest BCUT2D eigenvalue weighted by Crippen LogP contribution is 2.31. The van der Waals surface area contributed by atoms with Crippen LogP contribution >= 0.6 is 12.4 Å². The number of halogens is 1. The van der Waals surface area contributed by atoms with Crippen molar-refractivity contribution in [3.8, 4) is 0 Å². The second-order valence-electron chi connectivity index (χ2n) is 6.62. The van der Waals surface area contributed by atoms with Gasteiger partial charge in [-0.2, -0.15) is 0 Å². The fourth-order valence-electron chi connectivity index (χ4n) is 3.58. The third-order valence-electron chi connectivity index (χ3n) is 4.92. The van der Waals surface area contributed by atoms with Gasteiger partial charge in [0.05, 0.1) is 0 Å². The van der Waals surface area contributed by atoms with E-state index in [4.69, 9.17) is 0 Å². The van der Waals surface area contributed by atoms with E-state index in [0.29, 0.717) is 19.6 Å². The Labute approximate surface area is 155 Å². The van der Waals surface area contributed by atoms with E-state index in [1.165, 1.54) is 0 Å². The molecule has 3 amide bonds. The van der Waals surface area contributed by atoms with Gasteiger partial charge in [-0.25, -0.2) is 4.79 Å². The maximum Gasteiger partial charge on any atom is 0.315 e. The van der Waals surface area contributed by atoms with Crippen molar-refractivity contribution >= 4 is 24.3 Å². The fraction of sp³-hybridized carbons (Fsp3) is 0.556. The molecular weight excluding hydrogens is 340 g/mol. The summed E-state index contributed by atoms with van der Waals surface area (Å²) in [7, 11) is 0. The number of nitrogens with one attached hydrogen (secondary N) is 3. The predicted molar refractivity (Wildman–Crippen MR) is 99.7 cm³/mol. The average Bonchev–Trinajstić information content (AvgIpc) is 3.10. The lowest BCUT2D eigenvalue weighted by Gasteiger charge is -2.37. The predicted octanol–water partition coefficient (Wildman–Crippen LogP) is 1.65. The van der Waals surface area contributed by atoms with E-state index in [1.807, 2.05) is 35.2 Å². The van der Waals surface area contributed by atoms with Gasteiger partial charge in [-0.3, -0.25) is 4.79 Å². The van der Waals surface area contributed by atoms with E-state index in [-0.39, 0.29) is 24.3 Å². The van der Waals surface area contributed by atoms with E-state index in [0.717, 1.165) is 44.3 Å². The van der Waals surface area contributed by atoms with Crippen molar-refractivity contribution in [1.29, 1.82) is 0 Å². The molecule has 1 aliphatic carbocycles. The number of rotatable bonds is 4. The molecule has 1 aromatic carbocycles. The van der Waals surface area contributed by atoms with Crippen LogP contribution in [0.25, 0.3) is 0 Å². The van der Waals surface area contributed by atoms with Crippen molar-refractivity contribution in [3.05, 3.63) is 35.9 Å². The molecular formula is C18H27ClN4O2. The maximum absolute atomic E-state index is 13.0. The van der Waals surface area contributed by atoms with Crippen LogP contribution < -0.4 is 16.0 Å². The Hall–Kier alpha value is -1.79. The van der Waals surface area contributed by atoms with Crippen molar-refractivity contribution < 1.29 is 9.59 Å². The molecule has 6 nitrogen and oxygen atoms in total. The average molecular weight is 367 g/mol. The summed E-state index contributed by atoms with van der Waals surface area (Å²) in [4.78, 5) is 27.2. The van der Waals surface area contributed by atoms with E-state index in [1.54, 1.807) is 0 Å². The zero-order valence-corrected chi connectivity index (χ0v) is 15.2. The van der Waals surface area contributed by atoms with Crippen molar-refractivity contribution in [2.45, 2.75) is 37.8 Å². The minimum atomic E-state index is -0.724. The van der Waals surface area contributed by atoms with Gasteiger partial charge in [-0.05, 0) is 18.4 Å². The van der Waals surface area contributed by atoms with Crippen LogP contribution in [0.5, 0.6) is 0 Å². The summed E-state index contributed by atoms with van der Waals surface area (Å²) in [6.45, 7) is 3.54. The minimum absolute atomic E-state index is 0. The molecule has 1 saturated heterocycles. The van der Waals surface area contributed by atoms with Gasteiger partial charge in [0, 0.05) is 32.7 Å². The van der Waals surface area contributed by atoms with Gasteiger partial charge in [-0.1, -0.05) is 43.2 Å². The van der Waals surface area contributed by atoms with Gasteiger partial charge >= 0.3 is 6.03 Å². The standard InChI is InChI=1S/C18H26N4O2.ClH/c23-16(22-12-10-19-11-13-22)18(8-4-5-9-18)21-17(24)20-14-15-6-2-1-3-7-15;/h1-3,6-7,19H,4-5,8-14H2,(H2,20,21,24);1H. The molecule has 1 saturated carbocycles. The Kier molecular flexibility index (Phi) is 7.08. The first-order valence-corrected chi connectivity index (χ1v) is 8.80. The molecule has 7 heteroatoms. The largest absolute Gasteiger partial charge is 0.338 e. The third-order valence-corrected chi connectivity index (χ3v) is 4.92. The lowest BCUT2D eigenvalue weighted by molar-refractivity contribution is -0.138. The molecule has 0 aromatic heterocycles. The molecule has 25 heavy (non-hydrogen) atoms. The lowest BCUT2D eigenvalue weighted by atomic mass is 9.95. The number of piperazine rings is 1. The molecule has 3 N–H and O–H groups in total. The third kappa shape index (κ3) is 4.86. The summed E-state index contributed by atoms with van der Waals surface area (Å²) in [5.74, 6) is 0.0800. The van der Waals surface area contributed by atoms with Gasteiger partial charge in [0.25, 0.3) is 0 Å². The van der Waals surface area contributed by atoms with Gasteiger partial charge in [0.1, 0.15) is 5.54 Å². The molecule has 2 aliphatic rings. The van der Waals surface area contributed by atoms with Crippen LogP contribution in [0, 0.1) is 0 Å². The molecule has 2 fully saturated rings. The molecule has 1 aliphatic heterocycles. The number of hydrogen-bond donors (Lipinski definition) is 3. The van der Waals surface area contributed by atoms with E-state index >= 15 is 0 Å². The number of nitrogens with zero attached hydrogens (tertiary/aromatic N) is 1. The number of amides is 3. The zero-order valence-electron chi connectivity index (χ0n) is 14.4. The van der Waals surface area contributed by atoms with E-state index < -0.39 is 5.54 Å². The number of benzene rings is 1. The monoisotopic (exact) mass is 366 g/mol. The molecule has 0 unspecified atom stereocenters. The number of carbonyl (C=O) groups is 2. The highest BCUT2D eigenvalue weighted by atomic mass is 35.5. The van der Waals surface area contributed by atoms with Gasteiger partial charge in [0.2, 0.25) is 5.91 Å². The van der Waals surface area contributed by atoms with Crippen LogP contribution in [0.1, 0.15) is 31.2 Å². The lowest BCUT2D eigenvalue weighted by Crippen LogP contribution is -2.62. The maximum atomic E-state index is 13.0. The topological polar surface area (TPSA) is 73.5 Å². The van der Waals surface area contributed by atoms with Crippen LogP contribution in [-0.4, -0.2) is 48.6 Å². The first kappa shape index (κ1) is 19.5. The SMILES string of the molecule is Cl.O=C(NCc1ccccc1)NC1(C(=O)N2CCNCC2)CCCC1. The minimum Gasteiger partial charge on any atom is -0.338 e. The molecule has 0 bridgehead atoms. The van der Waals surface area contributed by atoms with Crippen molar-refractivity contribution in [2.24, 2.45) is 0 Å². The molecule has 0 radical (unpaired) electrons. The van der Waals surface area contributed by atoms with Gasteiger partial charge in [-0.15, -0.1) is 12.4 Å². The number of hydrogen-bond acceptors (Lipinski definition) is 3. The van der Waals surface area contributed by atoms with Crippen molar-refractivity contribution in [2.75, 3.05) is 26.2 Å². The van der Waals surface area contributed by atoms with Crippen LogP contribution in [0.3, 0.4) is 0 Å². The Morgan fingerprint density at radius 2 is 1.72 bits per heavy atom. The Morgan fingerprint density at radius 1 is 1.08 bits per heavy atom. The summed E-state index contributed by atoms with van der Waals surface area (Å²) < 4.78 is 0. The zero-order chi connectivity index (χ0) is 16.8. The Morgan fingerprint density at radius 3 is 2.36 bits per heavy atom. The van der Waals surface area contributed by atoms with Gasteiger partial charge < -0.3 is 20.9 Å². The second-order valence-corrected chi connectivity index (χ2v) is 6.62. The molecule has 0 spiro atoms. The van der Waals surface area contributed by atoms with Gasteiger partial charge in [0.15, 0.2) is 0 Å². The summed E-state index contributed by atoms with van der Waals surface area (Å²) in [6.07, 6.45) is 3.43. The second kappa shape index (κ2) is 9.06. The highest BCUT2D eigenvalue weighted by Gasteiger charge is 2.44. The van der Waals surface area contributed by atoms with Crippen LogP contribution in [0.2, 0.25) is 0 Å². The molecule has 0 atom stereocenters. The number of urea groups is 1. The smallest absolute Gasteiger partial charge is 0.315 e. The quantitative estimate of drug-likeness (QED) is 0.758. The van der Waals surface area contributed by atoms with E-state index in [2.05, 4.69) is 16.0 Å². The summed E-state index contributed by atoms with van der Waals surface area (Å²) >= 11 is 0. The molecule has 1 aromatic rings. The first-order valence-electron chi connectivity index (χ1n) is 8.80.